The highest BCUT2D eigenvalue weighted by molar-refractivity contribution is 5.62. The molecule has 0 saturated carbocycles. The molecule has 108 valence electrons. The zero-order valence-electron chi connectivity index (χ0n) is 12.3. The third kappa shape index (κ3) is 2.70. The Hall–Kier alpha value is -2.49. The van der Waals surface area contributed by atoms with Gasteiger partial charge in [0.1, 0.15) is 0 Å². The lowest BCUT2D eigenvalue weighted by molar-refractivity contribution is 0.559. The number of aromatic nitrogens is 2. The summed E-state index contributed by atoms with van der Waals surface area (Å²) < 4.78 is 5.89. The molecule has 3 aromatic rings. The van der Waals surface area contributed by atoms with Crippen LogP contribution in [0.5, 0.6) is 0 Å². The average Bonchev–Trinajstić information content (AvgIpc) is 3.18. The van der Waals surface area contributed by atoms with Crippen molar-refractivity contribution in [3.05, 3.63) is 48.7 Å². The second kappa shape index (κ2) is 5.87. The third-order valence-electron chi connectivity index (χ3n) is 3.56. The molecule has 2 aromatic heterocycles. The van der Waals surface area contributed by atoms with Crippen LogP contribution in [-0.2, 0) is 0 Å². The highest BCUT2D eigenvalue weighted by atomic mass is 16.4. The smallest absolute Gasteiger partial charge is 0.196 e. The summed E-state index contributed by atoms with van der Waals surface area (Å²) in [7, 11) is 0. The average molecular weight is 281 g/mol. The van der Waals surface area contributed by atoms with Crippen LogP contribution in [0.3, 0.4) is 0 Å². The van der Waals surface area contributed by atoms with Crippen LogP contribution in [0.4, 0.5) is 5.88 Å². The van der Waals surface area contributed by atoms with E-state index in [-0.39, 0.29) is 0 Å². The Labute approximate surface area is 124 Å². The molecular formula is C17H19N3O. The maximum absolute atomic E-state index is 5.89. The Morgan fingerprint density at radius 1 is 1.05 bits per heavy atom. The first-order valence-corrected chi connectivity index (χ1v) is 7.27. The topological polar surface area (TPSA) is 45.1 Å². The molecule has 0 aliphatic rings. The summed E-state index contributed by atoms with van der Waals surface area (Å²) in [6, 6.07) is 14.1. The summed E-state index contributed by atoms with van der Waals surface area (Å²) in [5.74, 6) is 2.40. The molecule has 0 aliphatic heterocycles. The highest BCUT2D eigenvalue weighted by Gasteiger charge is 2.12. The number of nitrogens with zero attached hydrogens (tertiary/aromatic N) is 2. The number of hydrogen-bond donors (Lipinski definition) is 1. The van der Waals surface area contributed by atoms with Gasteiger partial charge in [-0.2, -0.15) is 0 Å². The Balaban J connectivity index is 1.87. The molecular weight excluding hydrogens is 262 g/mol. The first kappa shape index (κ1) is 13.5. The minimum absolute atomic E-state index is 0.757. The zero-order chi connectivity index (χ0) is 14.7. The predicted octanol–water partition coefficient (Wildman–Crippen LogP) is 4.18. The van der Waals surface area contributed by atoms with Gasteiger partial charge in [0, 0.05) is 19.2 Å². The molecule has 1 aromatic carbocycles. The van der Waals surface area contributed by atoms with Gasteiger partial charge in [0.05, 0.1) is 11.9 Å². The number of imidazole rings is 1. The molecule has 21 heavy (non-hydrogen) atoms. The second-order valence-electron chi connectivity index (χ2n) is 4.82. The van der Waals surface area contributed by atoms with Gasteiger partial charge >= 0.3 is 0 Å². The van der Waals surface area contributed by atoms with Crippen LogP contribution in [0.15, 0.2) is 53.1 Å². The molecule has 0 saturated heterocycles. The van der Waals surface area contributed by atoms with Gasteiger partial charge in [-0.1, -0.05) is 30.3 Å². The van der Waals surface area contributed by atoms with E-state index in [1.165, 1.54) is 0 Å². The number of H-pyrrole nitrogens is 1. The van der Waals surface area contributed by atoms with Crippen molar-refractivity contribution < 1.29 is 4.42 Å². The Kier molecular flexibility index (Phi) is 3.77. The summed E-state index contributed by atoms with van der Waals surface area (Å²) in [5.41, 5.74) is 2.11. The standard InChI is InChI=1S/C17H19N3O/c1-3-20(4-2)16-11-10-15(21-16)17-18-12-14(19-17)13-8-6-5-7-9-13/h5-12H,3-4H2,1-2H3,(H,18,19). The maximum atomic E-state index is 5.89. The van der Waals surface area contributed by atoms with Crippen molar-refractivity contribution in [3.63, 3.8) is 0 Å². The molecule has 1 N–H and O–H groups in total. The van der Waals surface area contributed by atoms with Crippen LogP contribution in [0.1, 0.15) is 13.8 Å². The van der Waals surface area contributed by atoms with E-state index in [1.54, 1.807) is 0 Å². The summed E-state index contributed by atoms with van der Waals surface area (Å²) in [4.78, 5) is 9.90. The van der Waals surface area contributed by atoms with Crippen molar-refractivity contribution in [2.45, 2.75) is 13.8 Å². The Bertz CT molecular complexity index is 696. The van der Waals surface area contributed by atoms with Gasteiger partial charge in [0.15, 0.2) is 17.5 Å². The van der Waals surface area contributed by atoms with Crippen LogP contribution in [0.2, 0.25) is 0 Å². The van der Waals surface area contributed by atoms with Gasteiger partial charge in [-0.25, -0.2) is 4.98 Å². The second-order valence-corrected chi connectivity index (χ2v) is 4.82. The molecule has 0 spiro atoms. The summed E-state index contributed by atoms with van der Waals surface area (Å²) >= 11 is 0. The monoisotopic (exact) mass is 281 g/mol. The number of anilines is 1. The van der Waals surface area contributed by atoms with E-state index in [9.17, 15) is 0 Å². The molecule has 0 amide bonds. The lowest BCUT2D eigenvalue weighted by Gasteiger charge is -2.16. The van der Waals surface area contributed by atoms with Crippen molar-refractivity contribution in [3.8, 4) is 22.8 Å². The van der Waals surface area contributed by atoms with Gasteiger partial charge < -0.3 is 14.3 Å². The molecule has 0 bridgehead atoms. The van der Waals surface area contributed by atoms with Crippen LogP contribution in [0, 0.1) is 0 Å². The third-order valence-corrected chi connectivity index (χ3v) is 3.56. The van der Waals surface area contributed by atoms with Crippen molar-refractivity contribution >= 4 is 5.88 Å². The normalized spacial score (nSPS) is 10.8. The maximum Gasteiger partial charge on any atom is 0.196 e. The Morgan fingerprint density at radius 2 is 1.81 bits per heavy atom. The molecule has 0 radical (unpaired) electrons. The molecule has 3 rings (SSSR count). The van der Waals surface area contributed by atoms with Crippen LogP contribution in [-0.4, -0.2) is 23.1 Å². The molecule has 4 heteroatoms. The predicted molar refractivity (Wildman–Crippen MR) is 85.3 cm³/mol. The number of furan rings is 1. The van der Waals surface area contributed by atoms with Crippen LogP contribution >= 0.6 is 0 Å². The first-order valence-electron chi connectivity index (χ1n) is 7.27. The summed E-state index contributed by atoms with van der Waals surface area (Å²) in [6.07, 6.45) is 1.84. The molecule has 0 aliphatic carbocycles. The van der Waals surface area contributed by atoms with Crippen LogP contribution < -0.4 is 4.90 Å². The highest BCUT2D eigenvalue weighted by Crippen LogP contribution is 2.27. The molecule has 4 nitrogen and oxygen atoms in total. The largest absolute Gasteiger partial charge is 0.437 e. The molecule has 0 fully saturated rings. The lowest BCUT2D eigenvalue weighted by atomic mass is 10.2. The van der Waals surface area contributed by atoms with Gasteiger partial charge in [-0.3, -0.25) is 0 Å². The van der Waals surface area contributed by atoms with E-state index in [0.717, 1.165) is 41.8 Å². The quantitative estimate of drug-likeness (QED) is 0.763. The first-order chi connectivity index (χ1) is 10.3. The van der Waals surface area contributed by atoms with Gasteiger partial charge in [0.25, 0.3) is 0 Å². The van der Waals surface area contributed by atoms with Crippen molar-refractivity contribution in [2.24, 2.45) is 0 Å². The van der Waals surface area contributed by atoms with E-state index < -0.39 is 0 Å². The van der Waals surface area contributed by atoms with E-state index in [1.807, 2.05) is 36.5 Å². The molecule has 0 atom stereocenters. The van der Waals surface area contributed by atoms with E-state index in [4.69, 9.17) is 4.42 Å². The van der Waals surface area contributed by atoms with E-state index in [2.05, 4.69) is 40.8 Å². The van der Waals surface area contributed by atoms with Gasteiger partial charge in [-0.05, 0) is 25.5 Å². The van der Waals surface area contributed by atoms with E-state index in [0.29, 0.717) is 0 Å². The number of nitrogens with one attached hydrogen (secondary N) is 1. The number of benzene rings is 1. The van der Waals surface area contributed by atoms with Crippen molar-refractivity contribution in [1.29, 1.82) is 0 Å². The summed E-state index contributed by atoms with van der Waals surface area (Å²) in [5, 5.41) is 0. The number of hydrogen-bond acceptors (Lipinski definition) is 3. The van der Waals surface area contributed by atoms with Crippen LogP contribution in [0.25, 0.3) is 22.8 Å². The molecule has 0 unspecified atom stereocenters. The fourth-order valence-electron chi connectivity index (χ4n) is 2.37. The zero-order valence-corrected chi connectivity index (χ0v) is 12.3. The lowest BCUT2D eigenvalue weighted by Crippen LogP contribution is -2.20. The fourth-order valence-corrected chi connectivity index (χ4v) is 2.37. The molecule has 2 heterocycles. The number of aromatic amines is 1. The van der Waals surface area contributed by atoms with Gasteiger partial charge in [-0.15, -0.1) is 0 Å². The SMILES string of the molecule is CCN(CC)c1ccc(-c2ncc(-c3ccccc3)[nH]2)o1. The van der Waals surface area contributed by atoms with Crippen molar-refractivity contribution in [2.75, 3.05) is 18.0 Å². The van der Waals surface area contributed by atoms with Gasteiger partial charge in [0.2, 0.25) is 0 Å². The summed E-state index contributed by atoms with van der Waals surface area (Å²) in [6.45, 7) is 6.09. The van der Waals surface area contributed by atoms with Crippen molar-refractivity contribution in [1.82, 2.24) is 9.97 Å². The number of rotatable bonds is 5. The fraction of sp³-hybridized carbons (Fsp3) is 0.235. The minimum atomic E-state index is 0.757. The Morgan fingerprint density at radius 3 is 2.52 bits per heavy atom. The minimum Gasteiger partial charge on any atom is -0.437 e. The van der Waals surface area contributed by atoms with E-state index >= 15 is 0 Å².